The topological polar surface area (TPSA) is 77.1 Å². The van der Waals surface area contributed by atoms with Crippen LogP contribution >= 0.6 is 0 Å². The standard InChI is InChI=1S/C19H26N2O5/c1-19(2,3)26-18(23)20-11-13-6-7-21(12-13)17(22)14-4-5-15-16(10-14)25-9-8-24-15/h4-5,10,13H,6-9,11-12H2,1-3H3,(H,20,23). The zero-order valence-electron chi connectivity index (χ0n) is 15.5. The smallest absolute Gasteiger partial charge is 0.407 e. The van der Waals surface area contributed by atoms with Gasteiger partial charge in [0.15, 0.2) is 11.5 Å². The van der Waals surface area contributed by atoms with E-state index >= 15 is 0 Å². The van der Waals surface area contributed by atoms with E-state index in [0.717, 1.165) is 6.42 Å². The maximum absolute atomic E-state index is 12.7. The van der Waals surface area contributed by atoms with Gasteiger partial charge in [-0.15, -0.1) is 0 Å². The molecule has 0 bridgehead atoms. The molecule has 1 aromatic rings. The Morgan fingerprint density at radius 2 is 1.96 bits per heavy atom. The first-order chi connectivity index (χ1) is 12.3. The van der Waals surface area contributed by atoms with Crippen molar-refractivity contribution in [1.82, 2.24) is 10.2 Å². The molecule has 0 saturated carbocycles. The highest BCUT2D eigenvalue weighted by molar-refractivity contribution is 5.95. The highest BCUT2D eigenvalue weighted by Crippen LogP contribution is 2.31. The second kappa shape index (κ2) is 7.43. The maximum Gasteiger partial charge on any atom is 0.407 e. The molecular weight excluding hydrogens is 336 g/mol. The van der Waals surface area contributed by atoms with Gasteiger partial charge in [0.25, 0.3) is 5.91 Å². The minimum Gasteiger partial charge on any atom is -0.486 e. The molecule has 2 aliphatic rings. The van der Waals surface area contributed by atoms with Crippen LogP contribution in [0.3, 0.4) is 0 Å². The van der Waals surface area contributed by atoms with Crippen molar-refractivity contribution in [2.24, 2.45) is 5.92 Å². The van der Waals surface area contributed by atoms with Gasteiger partial charge in [-0.1, -0.05) is 0 Å². The molecule has 1 aromatic carbocycles. The van der Waals surface area contributed by atoms with E-state index in [4.69, 9.17) is 14.2 Å². The second-order valence-corrected chi connectivity index (χ2v) is 7.65. The van der Waals surface area contributed by atoms with Crippen LogP contribution in [0.2, 0.25) is 0 Å². The summed E-state index contributed by atoms with van der Waals surface area (Å²) in [6.45, 7) is 8.30. The van der Waals surface area contributed by atoms with Gasteiger partial charge in [0.05, 0.1) is 0 Å². The largest absolute Gasteiger partial charge is 0.486 e. The van der Waals surface area contributed by atoms with Crippen LogP contribution in [0.25, 0.3) is 0 Å². The third-order valence-corrected chi connectivity index (χ3v) is 4.30. The molecule has 7 heteroatoms. The van der Waals surface area contributed by atoms with Gasteiger partial charge in [-0.05, 0) is 51.3 Å². The summed E-state index contributed by atoms with van der Waals surface area (Å²) in [5.74, 6) is 1.49. The molecule has 1 saturated heterocycles. The first-order valence-electron chi connectivity index (χ1n) is 8.97. The van der Waals surface area contributed by atoms with Crippen molar-refractivity contribution in [3.05, 3.63) is 23.8 Å². The highest BCUT2D eigenvalue weighted by atomic mass is 16.6. The molecule has 1 unspecified atom stereocenters. The predicted molar refractivity (Wildman–Crippen MR) is 95.7 cm³/mol. The van der Waals surface area contributed by atoms with Gasteiger partial charge in [-0.2, -0.15) is 0 Å². The maximum atomic E-state index is 12.7. The molecule has 1 fully saturated rings. The van der Waals surface area contributed by atoms with Crippen LogP contribution in [-0.2, 0) is 4.74 Å². The summed E-state index contributed by atoms with van der Waals surface area (Å²) in [5.41, 5.74) is 0.0787. The zero-order chi connectivity index (χ0) is 18.7. The number of ether oxygens (including phenoxy) is 3. The van der Waals surface area contributed by atoms with Crippen molar-refractivity contribution in [2.75, 3.05) is 32.8 Å². The second-order valence-electron chi connectivity index (χ2n) is 7.65. The van der Waals surface area contributed by atoms with E-state index in [1.54, 1.807) is 18.2 Å². The van der Waals surface area contributed by atoms with Gasteiger partial charge in [0, 0.05) is 25.2 Å². The minimum atomic E-state index is -0.514. The van der Waals surface area contributed by atoms with E-state index in [9.17, 15) is 9.59 Å². The Bertz CT molecular complexity index is 683. The van der Waals surface area contributed by atoms with Crippen molar-refractivity contribution in [3.63, 3.8) is 0 Å². The molecule has 0 aliphatic carbocycles. The van der Waals surface area contributed by atoms with Gasteiger partial charge >= 0.3 is 6.09 Å². The highest BCUT2D eigenvalue weighted by Gasteiger charge is 2.28. The number of amides is 2. The van der Waals surface area contributed by atoms with Gasteiger partial charge in [0.1, 0.15) is 18.8 Å². The van der Waals surface area contributed by atoms with Crippen LogP contribution in [0.4, 0.5) is 4.79 Å². The van der Waals surface area contributed by atoms with E-state index < -0.39 is 11.7 Å². The third kappa shape index (κ3) is 4.59. The van der Waals surface area contributed by atoms with Crippen molar-refractivity contribution in [3.8, 4) is 11.5 Å². The number of rotatable bonds is 3. The van der Waals surface area contributed by atoms with E-state index in [0.29, 0.717) is 49.9 Å². The molecule has 26 heavy (non-hydrogen) atoms. The van der Waals surface area contributed by atoms with Crippen LogP contribution in [0, 0.1) is 5.92 Å². The fourth-order valence-corrected chi connectivity index (χ4v) is 3.08. The summed E-state index contributed by atoms with van der Waals surface area (Å²) >= 11 is 0. The molecule has 1 atom stereocenters. The molecule has 3 rings (SSSR count). The Kier molecular flexibility index (Phi) is 5.25. The summed E-state index contributed by atoms with van der Waals surface area (Å²) in [7, 11) is 0. The average Bonchev–Trinajstić information content (AvgIpc) is 3.06. The Morgan fingerprint density at radius 3 is 2.69 bits per heavy atom. The molecule has 142 valence electrons. The van der Waals surface area contributed by atoms with Crippen LogP contribution in [0.1, 0.15) is 37.6 Å². The third-order valence-electron chi connectivity index (χ3n) is 4.30. The van der Waals surface area contributed by atoms with E-state index in [1.807, 2.05) is 25.7 Å². The van der Waals surface area contributed by atoms with Gasteiger partial charge in [-0.25, -0.2) is 4.79 Å². The van der Waals surface area contributed by atoms with E-state index in [-0.39, 0.29) is 11.8 Å². The molecule has 0 aromatic heterocycles. The zero-order valence-corrected chi connectivity index (χ0v) is 15.5. The SMILES string of the molecule is CC(C)(C)OC(=O)NCC1CCN(C(=O)c2ccc3c(c2)OCCO3)C1. The van der Waals surface area contributed by atoms with Crippen molar-refractivity contribution >= 4 is 12.0 Å². The predicted octanol–water partition coefficient (Wildman–Crippen LogP) is 2.44. The van der Waals surface area contributed by atoms with Crippen LogP contribution in [0.15, 0.2) is 18.2 Å². The lowest BCUT2D eigenvalue weighted by Crippen LogP contribution is -2.36. The summed E-state index contributed by atoms with van der Waals surface area (Å²) in [6, 6.07) is 5.28. The Morgan fingerprint density at radius 1 is 1.23 bits per heavy atom. The Labute approximate surface area is 153 Å². The quantitative estimate of drug-likeness (QED) is 0.894. The van der Waals surface area contributed by atoms with Crippen molar-refractivity contribution in [2.45, 2.75) is 32.8 Å². The van der Waals surface area contributed by atoms with Crippen LogP contribution < -0.4 is 14.8 Å². The summed E-state index contributed by atoms with van der Waals surface area (Å²) in [6.07, 6.45) is 0.431. The summed E-state index contributed by atoms with van der Waals surface area (Å²) < 4.78 is 16.3. The first kappa shape index (κ1) is 18.4. The lowest BCUT2D eigenvalue weighted by molar-refractivity contribution is 0.0520. The molecule has 2 aliphatic heterocycles. The number of nitrogens with one attached hydrogen (secondary N) is 1. The average molecular weight is 362 g/mol. The number of alkyl carbamates (subject to hydrolysis) is 1. The monoisotopic (exact) mass is 362 g/mol. The number of hydrogen-bond donors (Lipinski definition) is 1. The number of nitrogens with zero attached hydrogens (tertiary/aromatic N) is 1. The molecular formula is C19H26N2O5. The molecule has 2 heterocycles. The fourth-order valence-electron chi connectivity index (χ4n) is 3.08. The molecule has 0 radical (unpaired) electrons. The molecule has 7 nitrogen and oxygen atoms in total. The molecule has 2 amide bonds. The molecule has 0 spiro atoms. The van der Waals surface area contributed by atoms with E-state index in [1.165, 1.54) is 0 Å². The van der Waals surface area contributed by atoms with E-state index in [2.05, 4.69) is 5.32 Å². The van der Waals surface area contributed by atoms with Crippen molar-refractivity contribution in [1.29, 1.82) is 0 Å². The first-order valence-corrected chi connectivity index (χ1v) is 8.97. The molecule has 1 N–H and O–H groups in total. The number of benzene rings is 1. The Hall–Kier alpha value is -2.44. The summed E-state index contributed by atoms with van der Waals surface area (Å²) in [5, 5.41) is 2.79. The number of likely N-dealkylation sites (tertiary alicyclic amines) is 1. The number of fused-ring (bicyclic) bond motifs is 1. The normalized spacial score (nSPS) is 19.2. The van der Waals surface area contributed by atoms with Crippen LogP contribution in [-0.4, -0.2) is 55.3 Å². The fraction of sp³-hybridized carbons (Fsp3) is 0.579. The van der Waals surface area contributed by atoms with Gasteiger partial charge < -0.3 is 24.4 Å². The van der Waals surface area contributed by atoms with Gasteiger partial charge in [0.2, 0.25) is 0 Å². The number of hydrogen-bond acceptors (Lipinski definition) is 5. The number of carbonyl (C=O) groups is 2. The summed E-state index contributed by atoms with van der Waals surface area (Å²) in [4.78, 5) is 26.3. The minimum absolute atomic E-state index is 0.0262. The lowest BCUT2D eigenvalue weighted by atomic mass is 10.1. The number of carbonyl (C=O) groups excluding carboxylic acids is 2. The van der Waals surface area contributed by atoms with Crippen LogP contribution in [0.5, 0.6) is 11.5 Å². The van der Waals surface area contributed by atoms with Gasteiger partial charge in [-0.3, -0.25) is 4.79 Å². The van der Waals surface area contributed by atoms with Crippen molar-refractivity contribution < 1.29 is 23.8 Å². The lowest BCUT2D eigenvalue weighted by Gasteiger charge is -2.21. The Balaban J connectivity index is 1.52.